The number of imide groups is 1. The van der Waals surface area contributed by atoms with Gasteiger partial charge in [-0.1, -0.05) is 0 Å². The molecule has 1 aliphatic carbocycles. The monoisotopic (exact) mass is 427 g/mol. The lowest BCUT2D eigenvalue weighted by molar-refractivity contribution is -0.125. The zero-order valence-corrected chi connectivity index (χ0v) is 16.5. The first kappa shape index (κ1) is 19.8. The Morgan fingerprint density at radius 3 is 2.42 bits per heavy atom. The van der Waals surface area contributed by atoms with Crippen molar-refractivity contribution >= 4 is 22.7 Å². The van der Waals surface area contributed by atoms with Crippen LogP contribution in [-0.2, 0) is 9.59 Å². The van der Waals surface area contributed by atoms with Gasteiger partial charge < -0.3 is 10.3 Å². The zero-order chi connectivity index (χ0) is 21.7. The van der Waals surface area contributed by atoms with Crippen LogP contribution in [0.25, 0.3) is 22.2 Å². The summed E-state index contributed by atoms with van der Waals surface area (Å²) < 4.78 is 41.8. The lowest BCUT2D eigenvalue weighted by Gasteiger charge is -2.36. The van der Waals surface area contributed by atoms with E-state index in [1.165, 1.54) is 18.2 Å². The van der Waals surface area contributed by atoms with E-state index in [1.807, 2.05) is 0 Å². The Bertz CT molecular complexity index is 1180. The summed E-state index contributed by atoms with van der Waals surface area (Å²) in [5.74, 6) is -1.92. The van der Waals surface area contributed by atoms with Gasteiger partial charge in [0, 0.05) is 11.5 Å². The van der Waals surface area contributed by atoms with E-state index >= 15 is 0 Å². The molecule has 1 saturated heterocycles. The summed E-state index contributed by atoms with van der Waals surface area (Å²) in [4.78, 5) is 26.1. The van der Waals surface area contributed by atoms with Crippen molar-refractivity contribution in [3.05, 3.63) is 59.4 Å². The highest BCUT2D eigenvalue weighted by molar-refractivity contribution is 6.05. The van der Waals surface area contributed by atoms with Crippen LogP contribution in [-0.4, -0.2) is 29.4 Å². The number of hydrogen-bond acceptors (Lipinski definition) is 3. The van der Waals surface area contributed by atoms with Crippen LogP contribution in [0.15, 0.2) is 36.4 Å². The molecule has 5 rings (SSSR count). The Morgan fingerprint density at radius 2 is 1.74 bits per heavy atom. The normalized spacial score (nSPS) is 23.3. The van der Waals surface area contributed by atoms with Gasteiger partial charge in [-0.25, -0.2) is 13.2 Å². The van der Waals surface area contributed by atoms with Gasteiger partial charge in [0.1, 0.15) is 17.5 Å². The second-order valence-corrected chi connectivity index (χ2v) is 8.34. The van der Waals surface area contributed by atoms with Crippen molar-refractivity contribution in [3.63, 3.8) is 0 Å². The van der Waals surface area contributed by atoms with Gasteiger partial charge in [-0.3, -0.25) is 14.9 Å². The van der Waals surface area contributed by atoms with E-state index in [4.69, 9.17) is 0 Å². The maximum Gasteiger partial charge on any atom is 0.244 e. The minimum absolute atomic E-state index is 0.0702. The van der Waals surface area contributed by atoms with Crippen LogP contribution in [0.5, 0.6) is 0 Å². The van der Waals surface area contributed by atoms with Gasteiger partial charge in [-0.15, -0.1) is 0 Å². The number of aromatic amines is 1. The number of carbonyl (C=O) groups is 2. The lowest BCUT2D eigenvalue weighted by Crippen LogP contribution is -2.41. The van der Waals surface area contributed by atoms with Gasteiger partial charge in [0.25, 0.3) is 0 Å². The number of fused-ring (bicyclic) bond motifs is 1. The van der Waals surface area contributed by atoms with Crippen molar-refractivity contribution in [2.45, 2.75) is 31.2 Å². The summed E-state index contributed by atoms with van der Waals surface area (Å²) in [6.07, 6.45) is 1.69. The third-order valence-electron chi connectivity index (χ3n) is 6.26. The average molecular weight is 427 g/mol. The molecule has 5 nitrogen and oxygen atoms in total. The maximum absolute atomic E-state index is 14.4. The molecule has 3 aromatic rings. The summed E-state index contributed by atoms with van der Waals surface area (Å²) in [5.41, 5.74) is 2.43. The largest absolute Gasteiger partial charge is 0.352 e. The van der Waals surface area contributed by atoms with Crippen LogP contribution in [0.1, 0.15) is 30.7 Å². The van der Waals surface area contributed by atoms with Gasteiger partial charge in [0.15, 0.2) is 0 Å². The van der Waals surface area contributed by atoms with Gasteiger partial charge in [-0.2, -0.15) is 0 Å². The van der Waals surface area contributed by atoms with Crippen LogP contribution in [0.4, 0.5) is 13.2 Å². The molecule has 1 unspecified atom stereocenters. The summed E-state index contributed by atoms with van der Waals surface area (Å²) in [7, 11) is 0. The molecule has 1 saturated carbocycles. The fraction of sp³-hybridized carbons (Fsp3) is 0.304. The predicted molar refractivity (Wildman–Crippen MR) is 109 cm³/mol. The van der Waals surface area contributed by atoms with E-state index in [-0.39, 0.29) is 41.4 Å². The molecule has 2 amide bonds. The quantitative estimate of drug-likeness (QED) is 0.543. The van der Waals surface area contributed by atoms with Crippen LogP contribution in [0.2, 0.25) is 0 Å². The van der Waals surface area contributed by atoms with Crippen LogP contribution in [0, 0.1) is 23.4 Å². The maximum atomic E-state index is 14.4. The molecule has 1 aromatic heterocycles. The van der Waals surface area contributed by atoms with E-state index in [1.54, 1.807) is 12.1 Å². The molecule has 8 heteroatoms. The van der Waals surface area contributed by atoms with Crippen molar-refractivity contribution < 1.29 is 22.8 Å². The van der Waals surface area contributed by atoms with Crippen LogP contribution < -0.4 is 10.6 Å². The molecule has 1 aliphatic heterocycles. The minimum atomic E-state index is -0.668. The Labute approximate surface area is 176 Å². The van der Waals surface area contributed by atoms with Crippen LogP contribution in [0.3, 0.4) is 0 Å². The summed E-state index contributed by atoms with van der Waals surface area (Å²) >= 11 is 0. The van der Waals surface area contributed by atoms with Gasteiger partial charge in [-0.05, 0) is 72.7 Å². The summed E-state index contributed by atoms with van der Waals surface area (Å²) in [6.45, 7) is 0.582. The smallest absolute Gasteiger partial charge is 0.244 e. The second-order valence-electron chi connectivity index (χ2n) is 8.34. The number of nitrogens with one attached hydrogen (secondary N) is 3. The predicted octanol–water partition coefficient (Wildman–Crippen LogP) is 3.75. The Kier molecular flexibility index (Phi) is 4.81. The number of hydrogen-bond donors (Lipinski definition) is 3. The van der Waals surface area contributed by atoms with Crippen LogP contribution >= 0.6 is 0 Å². The summed E-state index contributed by atoms with van der Waals surface area (Å²) in [5, 5.41) is 5.91. The third kappa shape index (κ3) is 3.61. The molecule has 160 valence electrons. The zero-order valence-electron chi connectivity index (χ0n) is 16.5. The molecule has 0 bridgehead atoms. The number of aromatic nitrogens is 1. The lowest BCUT2D eigenvalue weighted by atomic mass is 9.70. The van der Waals surface area contributed by atoms with Gasteiger partial charge in [0.05, 0.1) is 23.7 Å². The van der Waals surface area contributed by atoms with Gasteiger partial charge in [0.2, 0.25) is 11.8 Å². The average Bonchev–Trinajstić information content (AvgIpc) is 3.21. The van der Waals surface area contributed by atoms with E-state index < -0.39 is 17.7 Å². The van der Waals surface area contributed by atoms with E-state index in [0.717, 1.165) is 24.5 Å². The molecule has 3 N–H and O–H groups in total. The topological polar surface area (TPSA) is 74.0 Å². The first-order chi connectivity index (χ1) is 14.9. The molecular formula is C23H20F3N3O2. The van der Waals surface area contributed by atoms with Crippen molar-refractivity contribution in [1.29, 1.82) is 0 Å². The molecule has 2 aliphatic rings. The third-order valence-corrected chi connectivity index (χ3v) is 6.26. The molecule has 31 heavy (non-hydrogen) atoms. The summed E-state index contributed by atoms with van der Waals surface area (Å²) in [6, 6.07) is 7.58. The van der Waals surface area contributed by atoms with Gasteiger partial charge >= 0.3 is 0 Å². The molecule has 2 fully saturated rings. The van der Waals surface area contributed by atoms with E-state index in [9.17, 15) is 22.8 Å². The second kappa shape index (κ2) is 7.53. The highest BCUT2D eigenvalue weighted by Crippen LogP contribution is 2.48. The number of amides is 2. The fourth-order valence-electron chi connectivity index (χ4n) is 4.67. The molecule has 0 spiro atoms. The van der Waals surface area contributed by atoms with Crippen molar-refractivity contribution in [2.24, 2.45) is 5.92 Å². The Balaban J connectivity index is 1.40. The fourth-order valence-corrected chi connectivity index (χ4v) is 4.67. The number of halogens is 3. The van der Waals surface area contributed by atoms with Crippen molar-refractivity contribution in [1.82, 2.24) is 15.6 Å². The Hall–Kier alpha value is -3.13. The van der Waals surface area contributed by atoms with Crippen molar-refractivity contribution in [2.75, 3.05) is 6.54 Å². The molecule has 1 atom stereocenters. The number of H-pyrrole nitrogens is 1. The van der Waals surface area contributed by atoms with E-state index in [2.05, 4.69) is 15.6 Å². The molecule has 2 aromatic carbocycles. The first-order valence-electron chi connectivity index (χ1n) is 10.2. The first-order valence-corrected chi connectivity index (χ1v) is 10.2. The molecule has 0 radical (unpaired) electrons. The highest BCUT2D eigenvalue weighted by Gasteiger charge is 2.36. The SMILES string of the molecule is O=C1CC(NCC2CC(c3c(-c4ccc(F)cc4)[nH]c4c(F)cc(F)cc34)C2)C(=O)N1. The number of carbonyl (C=O) groups excluding carboxylic acids is 2. The number of benzene rings is 2. The molecule has 2 heterocycles. The standard InChI is InChI=1S/C23H20F3N3O2/c24-14-3-1-12(2-4-14)21-20(16-7-15(25)8-17(26)22(16)29-21)13-5-11(6-13)10-27-18-9-19(30)28-23(18)31/h1-4,7-8,11,13,18,27,29H,5-6,9-10H2,(H,28,30,31). The number of rotatable bonds is 5. The van der Waals surface area contributed by atoms with E-state index in [0.29, 0.717) is 23.2 Å². The highest BCUT2D eigenvalue weighted by atomic mass is 19.1. The minimum Gasteiger partial charge on any atom is -0.352 e. The Morgan fingerprint density at radius 1 is 1.00 bits per heavy atom. The van der Waals surface area contributed by atoms with Crippen molar-refractivity contribution in [3.8, 4) is 11.3 Å². The molecular weight excluding hydrogens is 407 g/mol.